The number of aromatic amines is 1. The number of imidazole rings is 1. The van der Waals surface area contributed by atoms with Gasteiger partial charge in [0.2, 0.25) is 5.95 Å². The number of thiophene rings is 1. The largest absolute Gasteiger partial charge is 0.357 e. The second-order valence-corrected chi connectivity index (χ2v) is 6.63. The third-order valence-corrected chi connectivity index (χ3v) is 4.45. The number of nitrogens with zero attached hydrogens (tertiary/aromatic N) is 4. The summed E-state index contributed by atoms with van der Waals surface area (Å²) in [5, 5.41) is 5.09. The number of halogens is 1. The van der Waals surface area contributed by atoms with Crippen molar-refractivity contribution in [2.75, 3.05) is 24.3 Å². The molecule has 0 saturated heterocycles. The van der Waals surface area contributed by atoms with E-state index in [9.17, 15) is 0 Å². The summed E-state index contributed by atoms with van der Waals surface area (Å²) in [5.74, 6) is 1.40. The number of rotatable bonds is 4. The first-order valence-corrected chi connectivity index (χ1v) is 7.67. The molecule has 104 valence electrons. The van der Waals surface area contributed by atoms with Crippen LogP contribution in [0, 0.1) is 0 Å². The third kappa shape index (κ3) is 2.48. The van der Waals surface area contributed by atoms with Crippen LogP contribution in [0.15, 0.2) is 21.6 Å². The second kappa shape index (κ2) is 5.37. The number of nitrogens with one attached hydrogen (secondary N) is 2. The molecule has 3 aromatic rings. The molecule has 3 aromatic heterocycles. The Morgan fingerprint density at radius 3 is 3.00 bits per heavy atom. The van der Waals surface area contributed by atoms with Gasteiger partial charge in [0, 0.05) is 20.6 Å². The third-order valence-electron chi connectivity index (χ3n) is 2.89. The first-order chi connectivity index (χ1) is 9.67. The summed E-state index contributed by atoms with van der Waals surface area (Å²) in [7, 11) is 3.81. The van der Waals surface area contributed by atoms with E-state index in [1.807, 2.05) is 7.05 Å². The summed E-state index contributed by atoms with van der Waals surface area (Å²) < 4.78 is 1.13. The van der Waals surface area contributed by atoms with Crippen molar-refractivity contribution in [2.45, 2.75) is 6.54 Å². The molecule has 20 heavy (non-hydrogen) atoms. The molecular formula is C12H13BrN6S. The van der Waals surface area contributed by atoms with E-state index in [1.54, 1.807) is 24.7 Å². The van der Waals surface area contributed by atoms with Crippen LogP contribution in [0.2, 0.25) is 0 Å². The van der Waals surface area contributed by atoms with Gasteiger partial charge in [0.15, 0.2) is 11.5 Å². The number of anilines is 2. The zero-order chi connectivity index (χ0) is 14.1. The molecule has 3 rings (SSSR count). The molecule has 0 spiro atoms. The molecular weight excluding hydrogens is 340 g/mol. The molecule has 0 unspecified atom stereocenters. The maximum absolute atomic E-state index is 4.52. The van der Waals surface area contributed by atoms with Gasteiger partial charge >= 0.3 is 0 Å². The van der Waals surface area contributed by atoms with E-state index in [0.717, 1.165) is 21.7 Å². The van der Waals surface area contributed by atoms with Gasteiger partial charge in [-0.1, -0.05) is 0 Å². The van der Waals surface area contributed by atoms with E-state index in [4.69, 9.17) is 0 Å². The van der Waals surface area contributed by atoms with Crippen molar-refractivity contribution in [1.82, 2.24) is 19.9 Å². The van der Waals surface area contributed by atoms with Crippen LogP contribution in [0.3, 0.4) is 0 Å². The normalized spacial score (nSPS) is 10.9. The van der Waals surface area contributed by atoms with Gasteiger partial charge in [-0.3, -0.25) is 0 Å². The monoisotopic (exact) mass is 352 g/mol. The zero-order valence-electron chi connectivity index (χ0n) is 11.0. The van der Waals surface area contributed by atoms with Crippen molar-refractivity contribution in [3.05, 3.63) is 27.1 Å². The van der Waals surface area contributed by atoms with E-state index in [2.05, 4.69) is 57.5 Å². The average Bonchev–Trinajstić information content (AvgIpc) is 3.06. The van der Waals surface area contributed by atoms with Crippen LogP contribution in [-0.2, 0) is 6.54 Å². The van der Waals surface area contributed by atoms with Gasteiger partial charge in [-0.15, -0.1) is 11.3 Å². The van der Waals surface area contributed by atoms with Gasteiger partial charge in [0.05, 0.1) is 10.1 Å². The SMILES string of the molecule is CNc1nc(N(C)Cc2csc(Br)c2)c2[nH]cnc2n1. The minimum Gasteiger partial charge on any atom is -0.357 e. The predicted molar refractivity (Wildman–Crippen MR) is 85.4 cm³/mol. The van der Waals surface area contributed by atoms with Crippen LogP contribution in [-0.4, -0.2) is 34.0 Å². The molecule has 0 aliphatic rings. The van der Waals surface area contributed by atoms with E-state index in [1.165, 1.54) is 5.56 Å². The smallest absolute Gasteiger partial charge is 0.226 e. The summed E-state index contributed by atoms with van der Waals surface area (Å²) in [6.45, 7) is 0.774. The molecule has 0 atom stereocenters. The molecule has 0 bridgehead atoms. The Morgan fingerprint density at radius 1 is 1.45 bits per heavy atom. The van der Waals surface area contributed by atoms with Gasteiger partial charge in [-0.2, -0.15) is 9.97 Å². The van der Waals surface area contributed by atoms with Crippen LogP contribution >= 0.6 is 27.3 Å². The Balaban J connectivity index is 1.97. The highest BCUT2D eigenvalue weighted by Gasteiger charge is 2.14. The number of fused-ring (bicyclic) bond motifs is 1. The summed E-state index contributed by atoms with van der Waals surface area (Å²) in [5.41, 5.74) is 2.75. The van der Waals surface area contributed by atoms with Gasteiger partial charge in [-0.25, -0.2) is 4.98 Å². The van der Waals surface area contributed by atoms with Gasteiger partial charge in [-0.05, 0) is 32.9 Å². The number of aromatic nitrogens is 4. The topological polar surface area (TPSA) is 69.7 Å². The molecule has 3 heterocycles. The van der Waals surface area contributed by atoms with Crippen LogP contribution in [0.4, 0.5) is 11.8 Å². The molecule has 0 aliphatic heterocycles. The van der Waals surface area contributed by atoms with Crippen LogP contribution in [0.1, 0.15) is 5.56 Å². The molecule has 0 radical (unpaired) electrons. The first-order valence-electron chi connectivity index (χ1n) is 6.00. The Bertz CT molecular complexity index is 736. The lowest BCUT2D eigenvalue weighted by atomic mass is 10.3. The maximum Gasteiger partial charge on any atom is 0.226 e. The number of H-pyrrole nitrogens is 1. The standard InChI is InChI=1S/C12H13BrN6S/c1-14-12-17-10-9(15-6-16-10)11(18-12)19(2)4-7-3-8(13)20-5-7/h3,5-6H,4H2,1-2H3,(H2,14,15,16,17,18). The fourth-order valence-corrected chi connectivity index (χ4v) is 3.18. The number of hydrogen-bond acceptors (Lipinski definition) is 6. The van der Waals surface area contributed by atoms with Gasteiger partial charge < -0.3 is 15.2 Å². The minimum absolute atomic E-state index is 0.568. The van der Waals surface area contributed by atoms with Crippen molar-refractivity contribution >= 4 is 50.2 Å². The highest BCUT2D eigenvalue weighted by atomic mass is 79.9. The molecule has 6 nitrogen and oxygen atoms in total. The molecule has 0 amide bonds. The fraction of sp³-hybridized carbons (Fsp3) is 0.250. The molecule has 0 aromatic carbocycles. The molecule has 2 N–H and O–H groups in total. The predicted octanol–water partition coefficient (Wildman–Crippen LogP) is 2.86. The van der Waals surface area contributed by atoms with Crippen molar-refractivity contribution in [3.63, 3.8) is 0 Å². The minimum atomic E-state index is 0.568. The number of hydrogen-bond donors (Lipinski definition) is 2. The van der Waals surface area contributed by atoms with Crippen LogP contribution < -0.4 is 10.2 Å². The molecule has 8 heteroatoms. The highest BCUT2D eigenvalue weighted by Crippen LogP contribution is 2.26. The molecule has 0 aliphatic carbocycles. The lowest BCUT2D eigenvalue weighted by Gasteiger charge is -2.18. The fourth-order valence-electron chi connectivity index (χ4n) is 1.98. The van der Waals surface area contributed by atoms with Crippen molar-refractivity contribution in [1.29, 1.82) is 0 Å². The van der Waals surface area contributed by atoms with E-state index in [-0.39, 0.29) is 0 Å². The van der Waals surface area contributed by atoms with Crippen molar-refractivity contribution in [2.24, 2.45) is 0 Å². The van der Waals surface area contributed by atoms with Gasteiger partial charge in [0.1, 0.15) is 5.52 Å². The average molecular weight is 353 g/mol. The van der Waals surface area contributed by atoms with E-state index >= 15 is 0 Å². The second-order valence-electron chi connectivity index (χ2n) is 4.34. The summed E-state index contributed by atoms with van der Waals surface area (Å²) >= 11 is 5.16. The Morgan fingerprint density at radius 2 is 2.30 bits per heavy atom. The Hall–Kier alpha value is -1.67. The maximum atomic E-state index is 4.52. The highest BCUT2D eigenvalue weighted by molar-refractivity contribution is 9.11. The summed E-state index contributed by atoms with van der Waals surface area (Å²) in [4.78, 5) is 18.2. The quantitative estimate of drug-likeness (QED) is 0.755. The zero-order valence-corrected chi connectivity index (χ0v) is 13.4. The molecule has 0 saturated carbocycles. The first kappa shape index (κ1) is 13.3. The van der Waals surface area contributed by atoms with Crippen molar-refractivity contribution < 1.29 is 0 Å². The van der Waals surface area contributed by atoms with Crippen LogP contribution in [0.5, 0.6) is 0 Å². The van der Waals surface area contributed by atoms with Crippen molar-refractivity contribution in [3.8, 4) is 0 Å². The van der Waals surface area contributed by atoms with Gasteiger partial charge in [0.25, 0.3) is 0 Å². The summed E-state index contributed by atoms with van der Waals surface area (Å²) in [6, 6.07) is 2.12. The Kier molecular flexibility index (Phi) is 3.58. The van der Waals surface area contributed by atoms with E-state index in [0.29, 0.717) is 11.6 Å². The molecule has 0 fully saturated rings. The van der Waals surface area contributed by atoms with Crippen LogP contribution in [0.25, 0.3) is 11.2 Å². The lowest BCUT2D eigenvalue weighted by molar-refractivity contribution is 0.902. The lowest BCUT2D eigenvalue weighted by Crippen LogP contribution is -2.18. The summed E-state index contributed by atoms with van der Waals surface area (Å²) in [6.07, 6.45) is 1.64. The van der Waals surface area contributed by atoms with E-state index < -0.39 is 0 Å². The Labute approximate surface area is 128 Å².